The van der Waals surface area contributed by atoms with Gasteiger partial charge < -0.3 is 14.9 Å². The van der Waals surface area contributed by atoms with E-state index >= 15 is 0 Å². The molecule has 2 aliphatic rings. The van der Waals surface area contributed by atoms with Gasteiger partial charge in [-0.3, -0.25) is 9.59 Å². The number of benzene rings is 1. The number of nitrogens with zero attached hydrogens (tertiary/aromatic N) is 8. The second kappa shape index (κ2) is 11.1. The Kier molecular flexibility index (Phi) is 7.56. The number of anilines is 1. The summed E-state index contributed by atoms with van der Waals surface area (Å²) in [5, 5.41) is 14.4. The molecule has 1 fully saturated rings. The van der Waals surface area contributed by atoms with Crippen LogP contribution in [0.3, 0.4) is 0 Å². The minimum atomic E-state index is -4.65. The highest BCUT2D eigenvalue weighted by Gasteiger charge is 2.36. The molecule has 0 aliphatic carbocycles. The van der Waals surface area contributed by atoms with Gasteiger partial charge in [0.2, 0.25) is 11.9 Å². The number of rotatable bonds is 4. The van der Waals surface area contributed by atoms with Crippen LogP contribution in [-0.4, -0.2) is 70.4 Å². The second-order valence-corrected chi connectivity index (χ2v) is 12.0. The number of alkyl halides is 3. The van der Waals surface area contributed by atoms with Gasteiger partial charge in [-0.2, -0.15) is 18.3 Å². The number of aromatic nitrogens is 6. The van der Waals surface area contributed by atoms with Crippen LogP contribution in [0.15, 0.2) is 45.9 Å². The van der Waals surface area contributed by atoms with Gasteiger partial charge in [-0.15, -0.1) is 0 Å². The molecule has 1 amide bonds. The average molecular weight is 673 g/mol. The van der Waals surface area contributed by atoms with Crippen LogP contribution in [0.1, 0.15) is 51.9 Å². The Labute approximate surface area is 258 Å². The van der Waals surface area contributed by atoms with E-state index in [-0.39, 0.29) is 34.9 Å². The lowest BCUT2D eigenvalue weighted by atomic mass is 9.98. The zero-order chi connectivity index (χ0) is 31.5. The standard InChI is InChI=1S/C29H28BrF3N8O3/c1-15-8-17(3)41(37-15)28-36-24-14-39(25(43)18-4-5-23(30)22(10-18)29(31,32)33)16(2)9-21(24)26(44)40(28)27-34-11-19(12-35-27)38-7-6-20(42)13-38/h4-5,8,10-12,16,20,42H,6-7,9,13-14H2,1-3H3/t16-,20-/m1/s1. The maximum Gasteiger partial charge on any atom is 0.417 e. The molecule has 1 N–H and O–H groups in total. The Balaban J connectivity index is 1.42. The van der Waals surface area contributed by atoms with Crippen molar-refractivity contribution in [1.29, 1.82) is 0 Å². The monoisotopic (exact) mass is 672 g/mol. The fraction of sp³-hybridized carbons (Fsp3) is 0.379. The van der Waals surface area contributed by atoms with Gasteiger partial charge in [-0.25, -0.2) is 24.2 Å². The zero-order valence-electron chi connectivity index (χ0n) is 24.0. The highest BCUT2D eigenvalue weighted by molar-refractivity contribution is 9.10. The highest BCUT2D eigenvalue weighted by atomic mass is 79.9. The third-order valence-electron chi connectivity index (χ3n) is 7.93. The van der Waals surface area contributed by atoms with Gasteiger partial charge in [0.1, 0.15) is 0 Å². The molecule has 2 aliphatic heterocycles. The Morgan fingerprint density at radius 1 is 1.14 bits per heavy atom. The fourth-order valence-electron chi connectivity index (χ4n) is 5.68. The molecule has 1 saturated heterocycles. The molecule has 2 atom stereocenters. The van der Waals surface area contributed by atoms with E-state index in [0.29, 0.717) is 47.8 Å². The highest BCUT2D eigenvalue weighted by Crippen LogP contribution is 2.36. The number of hydrogen-bond acceptors (Lipinski definition) is 8. The van der Waals surface area contributed by atoms with E-state index in [0.717, 1.165) is 6.07 Å². The van der Waals surface area contributed by atoms with Crippen LogP contribution >= 0.6 is 15.9 Å². The Bertz CT molecular complexity index is 1820. The first-order valence-electron chi connectivity index (χ1n) is 13.9. The van der Waals surface area contributed by atoms with E-state index in [2.05, 4.69) is 31.0 Å². The predicted octanol–water partition coefficient (Wildman–Crippen LogP) is 3.76. The molecule has 230 valence electrons. The molecule has 0 saturated carbocycles. The predicted molar refractivity (Wildman–Crippen MR) is 157 cm³/mol. The Morgan fingerprint density at radius 2 is 1.86 bits per heavy atom. The summed E-state index contributed by atoms with van der Waals surface area (Å²) in [6, 6.07) is 4.67. The first-order valence-corrected chi connectivity index (χ1v) is 14.7. The largest absolute Gasteiger partial charge is 0.417 e. The van der Waals surface area contributed by atoms with Crippen molar-refractivity contribution in [2.45, 2.75) is 58.5 Å². The van der Waals surface area contributed by atoms with E-state index in [1.807, 2.05) is 17.9 Å². The molecule has 1 aromatic carbocycles. The molecule has 15 heteroatoms. The second-order valence-electron chi connectivity index (χ2n) is 11.1. The molecular weight excluding hydrogens is 645 g/mol. The first kappa shape index (κ1) is 29.9. The van der Waals surface area contributed by atoms with E-state index in [1.165, 1.54) is 26.3 Å². The third kappa shape index (κ3) is 5.38. The van der Waals surface area contributed by atoms with Gasteiger partial charge in [-0.1, -0.05) is 15.9 Å². The van der Waals surface area contributed by atoms with Crippen molar-refractivity contribution in [2.75, 3.05) is 18.0 Å². The van der Waals surface area contributed by atoms with E-state index < -0.39 is 35.4 Å². The quantitative estimate of drug-likeness (QED) is 0.348. The first-order chi connectivity index (χ1) is 20.8. The molecule has 3 aromatic heterocycles. The summed E-state index contributed by atoms with van der Waals surface area (Å²) in [6.45, 7) is 6.37. The number of aliphatic hydroxyl groups excluding tert-OH is 1. The van der Waals surface area contributed by atoms with Crippen molar-refractivity contribution in [2.24, 2.45) is 0 Å². The minimum absolute atomic E-state index is 0.0806. The van der Waals surface area contributed by atoms with Gasteiger partial charge in [-0.05, 0) is 57.9 Å². The molecule has 6 rings (SSSR count). The van der Waals surface area contributed by atoms with Crippen LogP contribution < -0.4 is 10.5 Å². The third-order valence-corrected chi connectivity index (χ3v) is 8.62. The maximum absolute atomic E-state index is 14.1. The van der Waals surface area contributed by atoms with E-state index in [9.17, 15) is 27.9 Å². The lowest BCUT2D eigenvalue weighted by Gasteiger charge is -2.34. The molecule has 4 aromatic rings. The number of carbonyl (C=O) groups excluding carboxylic acids is 1. The molecular formula is C29H28BrF3N8O3. The molecule has 0 bridgehead atoms. The van der Waals surface area contributed by atoms with Crippen LogP contribution in [0.25, 0.3) is 11.9 Å². The van der Waals surface area contributed by atoms with Crippen molar-refractivity contribution in [3.05, 3.63) is 85.3 Å². The summed E-state index contributed by atoms with van der Waals surface area (Å²) in [4.78, 5) is 44.8. The van der Waals surface area contributed by atoms with Crippen molar-refractivity contribution in [1.82, 2.24) is 34.2 Å². The van der Waals surface area contributed by atoms with Crippen LogP contribution in [-0.2, 0) is 19.1 Å². The number of hydrogen-bond donors (Lipinski definition) is 1. The van der Waals surface area contributed by atoms with Crippen molar-refractivity contribution in [3.63, 3.8) is 0 Å². The summed E-state index contributed by atoms with van der Waals surface area (Å²) in [6.07, 6.45) is -1.13. The number of amides is 1. The summed E-state index contributed by atoms with van der Waals surface area (Å²) in [7, 11) is 0. The summed E-state index contributed by atoms with van der Waals surface area (Å²) in [5.41, 5.74) is 1.26. The fourth-order valence-corrected chi connectivity index (χ4v) is 6.15. The van der Waals surface area contributed by atoms with Crippen LogP contribution in [0.5, 0.6) is 0 Å². The molecule has 0 radical (unpaired) electrons. The van der Waals surface area contributed by atoms with Gasteiger partial charge in [0, 0.05) is 40.4 Å². The molecule has 11 nitrogen and oxygen atoms in total. The van der Waals surface area contributed by atoms with Gasteiger partial charge >= 0.3 is 6.18 Å². The van der Waals surface area contributed by atoms with Crippen LogP contribution in [0, 0.1) is 13.8 Å². The van der Waals surface area contributed by atoms with Crippen molar-refractivity contribution < 1.29 is 23.1 Å². The normalized spacial score (nSPS) is 18.5. The minimum Gasteiger partial charge on any atom is -0.391 e. The topological polar surface area (TPSA) is 122 Å². The molecule has 44 heavy (non-hydrogen) atoms. The van der Waals surface area contributed by atoms with Crippen molar-refractivity contribution >= 4 is 27.5 Å². The molecule has 0 unspecified atom stereocenters. The zero-order valence-corrected chi connectivity index (χ0v) is 25.6. The number of aliphatic hydroxyl groups is 1. The van der Waals surface area contributed by atoms with Crippen LogP contribution in [0.4, 0.5) is 18.9 Å². The summed E-state index contributed by atoms with van der Waals surface area (Å²) >= 11 is 2.92. The van der Waals surface area contributed by atoms with Gasteiger partial charge in [0.15, 0.2) is 0 Å². The number of carbonyl (C=O) groups is 1. The van der Waals surface area contributed by atoms with Gasteiger partial charge in [0.25, 0.3) is 11.5 Å². The maximum atomic E-state index is 14.1. The van der Waals surface area contributed by atoms with E-state index in [4.69, 9.17) is 4.98 Å². The number of β-amino-alcohol motifs (C(OH)–C–C–N with tert-alkyl or cyclic N) is 1. The summed E-state index contributed by atoms with van der Waals surface area (Å²) < 4.78 is 43.3. The van der Waals surface area contributed by atoms with E-state index in [1.54, 1.807) is 26.2 Å². The molecule has 0 spiro atoms. The number of aryl methyl sites for hydroxylation is 2. The van der Waals surface area contributed by atoms with Crippen LogP contribution in [0.2, 0.25) is 0 Å². The Morgan fingerprint density at radius 3 is 2.48 bits per heavy atom. The molecule has 5 heterocycles. The Hall–Kier alpha value is -4.11. The lowest BCUT2D eigenvalue weighted by Crippen LogP contribution is -2.46. The number of halogens is 4. The smallest absolute Gasteiger partial charge is 0.391 e. The lowest BCUT2D eigenvalue weighted by molar-refractivity contribution is -0.138. The average Bonchev–Trinajstić information content (AvgIpc) is 3.56. The van der Waals surface area contributed by atoms with Crippen molar-refractivity contribution in [3.8, 4) is 11.9 Å². The van der Waals surface area contributed by atoms with Gasteiger partial charge in [0.05, 0.1) is 47.7 Å². The SMILES string of the molecule is Cc1cc(C)n(-c2nc3c(c(=O)n2-c2ncc(N4CC[C@@H](O)C4)cn2)C[C@@H](C)N(C(=O)c2ccc(Br)c(C(F)(F)F)c2)C3)n1. The summed E-state index contributed by atoms with van der Waals surface area (Å²) in [5.74, 6) is -0.406. The number of fused-ring (bicyclic) bond motifs is 1.